The molecule has 1 aliphatic carbocycles. The largest absolute Gasteiger partial charge is 0.408 e. The number of hydrogen-bond donors (Lipinski definition) is 0. The van der Waals surface area contributed by atoms with Crippen molar-refractivity contribution in [2.24, 2.45) is 0 Å². The van der Waals surface area contributed by atoms with Crippen LogP contribution in [0.1, 0.15) is 60.5 Å². The van der Waals surface area contributed by atoms with Gasteiger partial charge < -0.3 is 4.90 Å². The number of aromatic nitrogens is 5. The van der Waals surface area contributed by atoms with Gasteiger partial charge in [0.05, 0.1) is 17.4 Å². The molecule has 0 N–H and O–H groups in total. The quantitative estimate of drug-likeness (QED) is 0.401. The number of rotatable bonds is 4. The molecule has 182 valence electrons. The maximum Gasteiger partial charge on any atom is 0.408 e. The van der Waals surface area contributed by atoms with Crippen molar-refractivity contribution in [3.05, 3.63) is 48.0 Å². The second kappa shape index (κ2) is 8.35. The molecule has 10 heteroatoms. The third-order valence-electron chi connectivity index (χ3n) is 6.90. The summed E-state index contributed by atoms with van der Waals surface area (Å²) in [6, 6.07) is 5.42. The van der Waals surface area contributed by atoms with Crippen LogP contribution in [0.15, 0.2) is 36.8 Å². The molecule has 5 heterocycles. The van der Waals surface area contributed by atoms with E-state index in [9.17, 15) is 18.0 Å². The highest BCUT2D eigenvalue weighted by molar-refractivity contribution is 5.99. The van der Waals surface area contributed by atoms with E-state index in [2.05, 4.69) is 15.1 Å². The van der Waals surface area contributed by atoms with E-state index < -0.39 is 12.7 Å². The smallest absolute Gasteiger partial charge is 0.337 e. The fourth-order valence-electron chi connectivity index (χ4n) is 4.93. The summed E-state index contributed by atoms with van der Waals surface area (Å²) in [4.78, 5) is 23.7. The van der Waals surface area contributed by atoms with Crippen molar-refractivity contribution in [2.75, 3.05) is 13.1 Å². The number of alkyl halides is 3. The Morgan fingerprint density at radius 1 is 1.03 bits per heavy atom. The number of likely N-dealkylation sites (tertiary alicyclic amines) is 1. The first-order valence-corrected chi connectivity index (χ1v) is 12.1. The molecule has 0 spiro atoms. The van der Waals surface area contributed by atoms with E-state index in [1.165, 1.54) is 17.8 Å². The van der Waals surface area contributed by atoms with Crippen molar-refractivity contribution in [1.82, 2.24) is 29.0 Å². The van der Waals surface area contributed by atoms with E-state index in [0.717, 1.165) is 43.2 Å². The van der Waals surface area contributed by atoms with Gasteiger partial charge in [-0.2, -0.15) is 18.3 Å². The second-order valence-corrected chi connectivity index (χ2v) is 9.52. The Hall–Kier alpha value is -3.43. The van der Waals surface area contributed by atoms with Crippen LogP contribution >= 0.6 is 0 Å². The lowest BCUT2D eigenvalue weighted by atomic mass is 10.1. The molecule has 6 rings (SSSR count). The highest BCUT2D eigenvalue weighted by Crippen LogP contribution is 2.40. The number of pyridine rings is 2. The lowest BCUT2D eigenvalue weighted by molar-refractivity contribution is -0.141. The first-order valence-electron chi connectivity index (χ1n) is 12.1. The summed E-state index contributed by atoms with van der Waals surface area (Å²) in [7, 11) is 0. The van der Waals surface area contributed by atoms with Crippen LogP contribution in [0.4, 0.5) is 13.2 Å². The highest BCUT2D eigenvalue weighted by Gasteiger charge is 2.31. The molecule has 1 saturated carbocycles. The standard InChI is InChI=1S/C25H25F3N6O/c26-25(27,28)15-34-20-11-19(24(35)32-9-3-1-2-4-10-32)29-12-18(20)23(31-34)21-13-30-22-8-7-17(14-33(21)22)16-5-6-16/h7-8,11-14,16H,1-6,9-10,15H2. The zero-order valence-electron chi connectivity index (χ0n) is 19.1. The van der Waals surface area contributed by atoms with Crippen LogP contribution < -0.4 is 0 Å². The number of carbonyl (C=O) groups excluding carboxylic acids is 1. The van der Waals surface area contributed by atoms with Gasteiger partial charge in [-0.25, -0.2) is 4.98 Å². The van der Waals surface area contributed by atoms with E-state index in [1.54, 1.807) is 11.1 Å². The summed E-state index contributed by atoms with van der Waals surface area (Å²) in [5.74, 6) is 0.266. The van der Waals surface area contributed by atoms with Gasteiger partial charge in [0, 0.05) is 30.9 Å². The fourth-order valence-corrected chi connectivity index (χ4v) is 4.93. The average Bonchev–Trinajstić information content (AvgIpc) is 3.58. The van der Waals surface area contributed by atoms with Crippen molar-refractivity contribution < 1.29 is 18.0 Å². The zero-order valence-corrected chi connectivity index (χ0v) is 19.1. The minimum absolute atomic E-state index is 0.142. The van der Waals surface area contributed by atoms with Crippen molar-refractivity contribution in [3.8, 4) is 11.4 Å². The predicted octanol–water partition coefficient (Wildman–Crippen LogP) is 5.20. The van der Waals surface area contributed by atoms with Crippen molar-refractivity contribution in [3.63, 3.8) is 0 Å². The van der Waals surface area contributed by atoms with Gasteiger partial charge >= 0.3 is 6.18 Å². The summed E-state index contributed by atoms with van der Waals surface area (Å²) in [5.41, 5.74) is 3.22. The van der Waals surface area contributed by atoms with E-state index in [0.29, 0.717) is 41.4 Å². The molecule has 0 radical (unpaired) electrons. The van der Waals surface area contributed by atoms with Crippen molar-refractivity contribution in [2.45, 2.75) is 57.2 Å². The van der Waals surface area contributed by atoms with Crippen LogP contribution in [0.3, 0.4) is 0 Å². The minimum atomic E-state index is -4.47. The SMILES string of the molecule is O=C(c1cc2c(cn1)c(-c1cnc3ccc(C4CC4)cn13)nn2CC(F)(F)F)N1CCCCCC1. The summed E-state index contributed by atoms with van der Waals surface area (Å²) in [6.45, 7) is 0.0163. The monoisotopic (exact) mass is 482 g/mol. The van der Waals surface area contributed by atoms with Crippen LogP contribution in [-0.4, -0.2) is 54.2 Å². The van der Waals surface area contributed by atoms with E-state index >= 15 is 0 Å². The van der Waals surface area contributed by atoms with Crippen LogP contribution in [-0.2, 0) is 6.54 Å². The normalized spacial score (nSPS) is 17.3. The Balaban J connectivity index is 1.46. The third-order valence-corrected chi connectivity index (χ3v) is 6.90. The van der Waals surface area contributed by atoms with Gasteiger partial charge in [0.1, 0.15) is 23.6 Å². The number of imidazole rings is 1. The number of halogens is 3. The first-order chi connectivity index (χ1) is 16.9. The Labute approximate surface area is 199 Å². The Morgan fingerprint density at radius 3 is 2.51 bits per heavy atom. The topological polar surface area (TPSA) is 68.3 Å². The number of carbonyl (C=O) groups is 1. The molecule has 0 aromatic carbocycles. The molecule has 7 nitrogen and oxygen atoms in total. The third kappa shape index (κ3) is 4.26. The molecule has 35 heavy (non-hydrogen) atoms. The van der Waals surface area contributed by atoms with Crippen LogP contribution in [0.2, 0.25) is 0 Å². The van der Waals surface area contributed by atoms with Crippen LogP contribution in [0.5, 0.6) is 0 Å². The van der Waals surface area contributed by atoms with Gasteiger partial charge in [-0.05, 0) is 49.3 Å². The molecule has 4 aromatic rings. The van der Waals surface area contributed by atoms with E-state index in [4.69, 9.17) is 0 Å². The molecular weight excluding hydrogens is 457 g/mol. The Bertz CT molecular complexity index is 1410. The van der Waals surface area contributed by atoms with Gasteiger partial charge in [0.25, 0.3) is 5.91 Å². The lowest BCUT2D eigenvalue weighted by Gasteiger charge is -2.19. The summed E-state index contributed by atoms with van der Waals surface area (Å²) >= 11 is 0. The molecular formula is C25H25F3N6O. The zero-order chi connectivity index (χ0) is 24.2. The Morgan fingerprint density at radius 2 is 1.80 bits per heavy atom. The number of hydrogen-bond acceptors (Lipinski definition) is 4. The molecule has 0 bridgehead atoms. The minimum Gasteiger partial charge on any atom is -0.337 e. The predicted molar refractivity (Wildman–Crippen MR) is 124 cm³/mol. The lowest BCUT2D eigenvalue weighted by Crippen LogP contribution is -2.32. The van der Waals surface area contributed by atoms with Gasteiger partial charge in [0.15, 0.2) is 0 Å². The Kier molecular flexibility index (Phi) is 5.26. The van der Waals surface area contributed by atoms with Crippen LogP contribution in [0.25, 0.3) is 27.9 Å². The van der Waals surface area contributed by atoms with Crippen molar-refractivity contribution >= 4 is 22.5 Å². The summed E-state index contributed by atoms with van der Waals surface area (Å²) in [5, 5.41) is 4.81. The first kappa shape index (κ1) is 22.1. The average molecular weight is 483 g/mol. The fraction of sp³-hybridized carbons (Fsp3) is 0.440. The highest BCUT2D eigenvalue weighted by atomic mass is 19.4. The molecule has 1 aliphatic heterocycles. The molecule has 1 amide bonds. The summed E-state index contributed by atoms with van der Waals surface area (Å²) < 4.78 is 43.2. The van der Waals surface area contributed by atoms with Crippen molar-refractivity contribution in [1.29, 1.82) is 0 Å². The molecule has 2 fully saturated rings. The number of fused-ring (bicyclic) bond motifs is 2. The molecule has 0 atom stereocenters. The summed E-state index contributed by atoms with van der Waals surface area (Å²) in [6.07, 6.45) is 6.87. The van der Waals surface area contributed by atoms with E-state index in [1.807, 2.05) is 22.7 Å². The second-order valence-electron chi connectivity index (χ2n) is 9.52. The maximum absolute atomic E-state index is 13.4. The molecule has 1 saturated heterocycles. The van der Waals surface area contributed by atoms with Gasteiger partial charge in [0.2, 0.25) is 0 Å². The van der Waals surface area contributed by atoms with Gasteiger partial charge in [-0.3, -0.25) is 18.9 Å². The molecule has 2 aliphatic rings. The number of nitrogens with zero attached hydrogens (tertiary/aromatic N) is 6. The van der Waals surface area contributed by atoms with Crippen LogP contribution in [0, 0.1) is 0 Å². The van der Waals surface area contributed by atoms with Gasteiger partial charge in [-0.1, -0.05) is 18.9 Å². The molecule has 0 unspecified atom stereocenters. The van der Waals surface area contributed by atoms with E-state index in [-0.39, 0.29) is 17.1 Å². The molecule has 4 aromatic heterocycles. The maximum atomic E-state index is 13.4. The van der Waals surface area contributed by atoms with Gasteiger partial charge in [-0.15, -0.1) is 0 Å². The number of amides is 1.